The van der Waals surface area contributed by atoms with Crippen molar-refractivity contribution >= 4 is 0 Å². The summed E-state index contributed by atoms with van der Waals surface area (Å²) in [4.78, 5) is 0. The van der Waals surface area contributed by atoms with Crippen LogP contribution in [0.2, 0.25) is 0 Å². The molecule has 0 fully saturated rings. The molecule has 0 aromatic heterocycles. The van der Waals surface area contributed by atoms with Gasteiger partial charge < -0.3 is 10.1 Å². The summed E-state index contributed by atoms with van der Waals surface area (Å²) in [6.07, 6.45) is 4.07. The summed E-state index contributed by atoms with van der Waals surface area (Å²) in [6, 6.07) is 0. The highest BCUT2D eigenvalue weighted by atomic mass is 16.5. The Hall–Kier alpha value is -0.500. The first-order valence-corrected chi connectivity index (χ1v) is 5.12. The minimum atomic E-state index is 0.140. The van der Waals surface area contributed by atoms with Gasteiger partial charge in [0.2, 0.25) is 0 Å². The van der Waals surface area contributed by atoms with Crippen molar-refractivity contribution in [2.24, 2.45) is 11.8 Å². The normalized spacial score (nSPS) is 16.5. The van der Waals surface area contributed by atoms with Crippen molar-refractivity contribution in [3.05, 3.63) is 12.3 Å². The van der Waals surface area contributed by atoms with Gasteiger partial charge in [0.05, 0.1) is 0 Å². The molecule has 0 amide bonds. The Bertz CT molecular complexity index is 143. The molecule has 0 aliphatic heterocycles. The Balaban J connectivity index is 4.05. The molecule has 0 aromatic carbocycles. The van der Waals surface area contributed by atoms with E-state index in [4.69, 9.17) is 4.74 Å². The zero-order valence-corrected chi connectivity index (χ0v) is 9.50. The monoisotopic (exact) mass is 185 g/mol. The van der Waals surface area contributed by atoms with Crippen LogP contribution in [0, 0.1) is 11.8 Å². The van der Waals surface area contributed by atoms with E-state index in [-0.39, 0.29) is 6.23 Å². The molecule has 0 rings (SSSR count). The maximum atomic E-state index is 5.60. The molecule has 0 saturated heterocycles. The maximum absolute atomic E-state index is 5.60. The van der Waals surface area contributed by atoms with Gasteiger partial charge in [-0.3, -0.25) is 0 Å². The molecule has 0 unspecified atom stereocenters. The molecular formula is C11H23NO. The van der Waals surface area contributed by atoms with E-state index in [2.05, 4.69) is 26.1 Å². The van der Waals surface area contributed by atoms with E-state index in [1.165, 1.54) is 0 Å². The number of hydrogen-bond donors (Lipinski definition) is 1. The first-order chi connectivity index (χ1) is 6.13. The summed E-state index contributed by atoms with van der Waals surface area (Å²) in [7, 11) is 0. The SMILES string of the molecule is C/C=C\N[C@@H](OCC)[C@@H](C)C(C)C. The molecular weight excluding hydrogens is 162 g/mol. The topological polar surface area (TPSA) is 21.3 Å². The van der Waals surface area contributed by atoms with Gasteiger partial charge in [-0.05, 0) is 26.0 Å². The lowest BCUT2D eigenvalue weighted by atomic mass is 9.96. The summed E-state index contributed by atoms with van der Waals surface area (Å²) in [5.74, 6) is 1.16. The third-order valence-electron chi connectivity index (χ3n) is 2.30. The summed E-state index contributed by atoms with van der Waals surface area (Å²) < 4.78 is 5.60. The molecule has 0 radical (unpaired) electrons. The van der Waals surface area contributed by atoms with Crippen LogP contribution in [0.4, 0.5) is 0 Å². The van der Waals surface area contributed by atoms with E-state index in [0.717, 1.165) is 6.61 Å². The van der Waals surface area contributed by atoms with Crippen LogP contribution in [0.3, 0.4) is 0 Å². The standard InChI is InChI=1S/C11H23NO/c1-6-8-12-11(13-7-2)10(5)9(3)4/h6,8-12H,7H2,1-5H3/b8-6-/t10-,11-/m0/s1. The van der Waals surface area contributed by atoms with E-state index in [9.17, 15) is 0 Å². The smallest absolute Gasteiger partial charge is 0.130 e. The molecule has 2 atom stereocenters. The molecule has 0 aliphatic carbocycles. The molecule has 0 bridgehead atoms. The largest absolute Gasteiger partial charge is 0.366 e. The lowest BCUT2D eigenvalue weighted by Gasteiger charge is -2.26. The number of ether oxygens (including phenoxy) is 1. The highest BCUT2D eigenvalue weighted by Crippen LogP contribution is 2.15. The number of hydrogen-bond acceptors (Lipinski definition) is 2. The molecule has 0 aliphatic rings. The van der Waals surface area contributed by atoms with Crippen molar-refractivity contribution in [2.75, 3.05) is 6.61 Å². The Kier molecular flexibility index (Phi) is 6.69. The average Bonchev–Trinajstić information content (AvgIpc) is 2.11. The lowest BCUT2D eigenvalue weighted by molar-refractivity contribution is -0.00323. The molecule has 13 heavy (non-hydrogen) atoms. The van der Waals surface area contributed by atoms with Crippen LogP contribution in [0.5, 0.6) is 0 Å². The molecule has 1 N–H and O–H groups in total. The Labute approximate surface area is 82.4 Å². The van der Waals surface area contributed by atoms with Crippen molar-refractivity contribution in [1.29, 1.82) is 0 Å². The van der Waals surface area contributed by atoms with Gasteiger partial charge in [0, 0.05) is 12.5 Å². The quantitative estimate of drug-likeness (QED) is 0.642. The van der Waals surface area contributed by atoms with Crippen LogP contribution in [-0.4, -0.2) is 12.8 Å². The third kappa shape index (κ3) is 4.94. The van der Waals surface area contributed by atoms with Gasteiger partial charge in [-0.1, -0.05) is 26.8 Å². The van der Waals surface area contributed by atoms with Gasteiger partial charge in [-0.2, -0.15) is 0 Å². The predicted octanol–water partition coefficient (Wildman–Crippen LogP) is 2.76. The minimum Gasteiger partial charge on any atom is -0.366 e. The number of allylic oxidation sites excluding steroid dienone is 1. The Morgan fingerprint density at radius 1 is 1.31 bits per heavy atom. The van der Waals surface area contributed by atoms with Gasteiger partial charge in [0.1, 0.15) is 6.23 Å². The maximum Gasteiger partial charge on any atom is 0.130 e. The highest BCUT2D eigenvalue weighted by molar-refractivity contribution is 4.79. The highest BCUT2D eigenvalue weighted by Gasteiger charge is 2.18. The fourth-order valence-corrected chi connectivity index (χ4v) is 1.07. The Morgan fingerprint density at radius 2 is 1.92 bits per heavy atom. The van der Waals surface area contributed by atoms with Crippen LogP contribution < -0.4 is 5.32 Å². The number of rotatable bonds is 6. The van der Waals surface area contributed by atoms with E-state index < -0.39 is 0 Å². The molecule has 2 nitrogen and oxygen atoms in total. The second kappa shape index (κ2) is 6.96. The predicted molar refractivity (Wildman–Crippen MR) is 57.4 cm³/mol. The zero-order chi connectivity index (χ0) is 10.3. The van der Waals surface area contributed by atoms with Gasteiger partial charge in [-0.25, -0.2) is 0 Å². The molecule has 2 heteroatoms. The number of nitrogens with one attached hydrogen (secondary N) is 1. The summed E-state index contributed by atoms with van der Waals surface area (Å²) in [5.41, 5.74) is 0. The van der Waals surface area contributed by atoms with E-state index in [0.29, 0.717) is 11.8 Å². The van der Waals surface area contributed by atoms with E-state index in [1.54, 1.807) is 0 Å². The third-order valence-corrected chi connectivity index (χ3v) is 2.30. The van der Waals surface area contributed by atoms with Crippen molar-refractivity contribution in [1.82, 2.24) is 5.32 Å². The van der Waals surface area contributed by atoms with Crippen LogP contribution in [-0.2, 0) is 4.74 Å². The van der Waals surface area contributed by atoms with Crippen LogP contribution in [0.1, 0.15) is 34.6 Å². The van der Waals surface area contributed by atoms with Gasteiger partial charge in [0.25, 0.3) is 0 Å². The minimum absolute atomic E-state index is 0.140. The second-order valence-corrected chi connectivity index (χ2v) is 3.65. The first kappa shape index (κ1) is 12.5. The molecule has 78 valence electrons. The second-order valence-electron chi connectivity index (χ2n) is 3.65. The fourth-order valence-electron chi connectivity index (χ4n) is 1.07. The zero-order valence-electron chi connectivity index (χ0n) is 9.50. The lowest BCUT2D eigenvalue weighted by Crippen LogP contribution is -2.36. The average molecular weight is 185 g/mol. The van der Waals surface area contributed by atoms with E-state index in [1.807, 2.05) is 26.1 Å². The summed E-state index contributed by atoms with van der Waals surface area (Å²) in [6.45, 7) is 11.4. The van der Waals surface area contributed by atoms with Crippen molar-refractivity contribution in [3.63, 3.8) is 0 Å². The first-order valence-electron chi connectivity index (χ1n) is 5.12. The van der Waals surface area contributed by atoms with Gasteiger partial charge in [-0.15, -0.1) is 0 Å². The molecule has 0 aromatic rings. The fraction of sp³-hybridized carbons (Fsp3) is 0.818. The van der Waals surface area contributed by atoms with Gasteiger partial charge in [0.15, 0.2) is 0 Å². The van der Waals surface area contributed by atoms with Gasteiger partial charge >= 0.3 is 0 Å². The van der Waals surface area contributed by atoms with E-state index >= 15 is 0 Å². The summed E-state index contributed by atoms with van der Waals surface area (Å²) >= 11 is 0. The van der Waals surface area contributed by atoms with Crippen molar-refractivity contribution < 1.29 is 4.74 Å². The van der Waals surface area contributed by atoms with Crippen LogP contribution in [0.15, 0.2) is 12.3 Å². The van der Waals surface area contributed by atoms with Crippen molar-refractivity contribution in [3.8, 4) is 0 Å². The molecule has 0 spiro atoms. The molecule has 0 heterocycles. The summed E-state index contributed by atoms with van der Waals surface area (Å²) in [5, 5.41) is 3.25. The van der Waals surface area contributed by atoms with Crippen LogP contribution >= 0.6 is 0 Å². The molecule has 0 saturated carbocycles. The Morgan fingerprint density at radius 3 is 2.31 bits per heavy atom. The van der Waals surface area contributed by atoms with Crippen molar-refractivity contribution in [2.45, 2.75) is 40.8 Å². The van der Waals surface area contributed by atoms with Crippen LogP contribution in [0.25, 0.3) is 0 Å².